The van der Waals surface area contributed by atoms with Crippen molar-refractivity contribution in [3.05, 3.63) is 0 Å². The number of carbonyl (C=O) groups is 1. The molecule has 0 aromatic rings. The second kappa shape index (κ2) is 9.07. The molecule has 148 valence electrons. The summed E-state index contributed by atoms with van der Waals surface area (Å²) >= 11 is 0. The minimum Gasteiger partial charge on any atom is -0.357 e. The Hall–Kier alpha value is -1.30. The molecule has 1 atom stereocenters. The van der Waals surface area contributed by atoms with Crippen LogP contribution in [0.25, 0.3) is 0 Å². The van der Waals surface area contributed by atoms with E-state index in [9.17, 15) is 4.79 Å². The lowest BCUT2D eigenvalue weighted by Gasteiger charge is -2.41. The molecule has 0 saturated carbocycles. The maximum atomic E-state index is 11.7. The highest BCUT2D eigenvalue weighted by Crippen LogP contribution is 2.36. The zero-order valence-electron chi connectivity index (χ0n) is 16.7. The summed E-state index contributed by atoms with van der Waals surface area (Å²) in [5, 5.41) is 6.54. The summed E-state index contributed by atoms with van der Waals surface area (Å²) in [6, 6.07) is 0. The molecule has 1 unspecified atom stereocenters. The largest absolute Gasteiger partial charge is 0.357 e. The minimum atomic E-state index is 0.122. The van der Waals surface area contributed by atoms with Crippen molar-refractivity contribution in [3.8, 4) is 0 Å². The first-order chi connectivity index (χ1) is 12.6. The van der Waals surface area contributed by atoms with Crippen LogP contribution in [0.3, 0.4) is 0 Å². The number of piperidine rings is 2. The van der Waals surface area contributed by atoms with E-state index in [1.807, 2.05) is 0 Å². The summed E-state index contributed by atoms with van der Waals surface area (Å²) in [6.07, 6.45) is 6.77. The average molecular weight is 364 g/mol. The van der Waals surface area contributed by atoms with E-state index in [0.717, 1.165) is 51.5 Å². The van der Waals surface area contributed by atoms with Gasteiger partial charge in [-0.15, -0.1) is 0 Å². The molecular weight excluding hydrogens is 326 g/mol. The number of aliphatic imine (C=N–C) groups is 1. The number of nitrogens with zero attached hydrogens (tertiary/aromatic N) is 3. The Morgan fingerprint density at radius 3 is 2.77 bits per heavy atom. The maximum Gasteiger partial charge on any atom is 0.220 e. The fraction of sp³-hybridized carbons (Fsp3) is 0.900. The molecule has 6 nitrogen and oxygen atoms in total. The van der Waals surface area contributed by atoms with Gasteiger partial charge in [-0.2, -0.15) is 0 Å². The van der Waals surface area contributed by atoms with Crippen LogP contribution in [0.15, 0.2) is 4.99 Å². The number of nitrogens with one attached hydrogen (secondary N) is 2. The third kappa shape index (κ3) is 4.90. The van der Waals surface area contributed by atoms with E-state index < -0.39 is 0 Å². The van der Waals surface area contributed by atoms with Gasteiger partial charge in [0.25, 0.3) is 0 Å². The van der Waals surface area contributed by atoms with Gasteiger partial charge in [0.05, 0.1) is 0 Å². The molecule has 3 heterocycles. The SMILES string of the molecule is CCCN1CCC(CN=C(NCC)N2CCCC3(CNC(=O)C3)C2)CC1. The number of hydrogen-bond acceptors (Lipinski definition) is 3. The summed E-state index contributed by atoms with van der Waals surface area (Å²) in [7, 11) is 0. The molecule has 3 fully saturated rings. The average Bonchev–Trinajstić information content (AvgIpc) is 3.00. The molecule has 3 rings (SSSR count). The van der Waals surface area contributed by atoms with Crippen molar-refractivity contribution in [2.75, 3.05) is 52.4 Å². The van der Waals surface area contributed by atoms with Gasteiger partial charge in [0.15, 0.2) is 5.96 Å². The van der Waals surface area contributed by atoms with Crippen LogP contribution < -0.4 is 10.6 Å². The molecule has 2 N–H and O–H groups in total. The minimum absolute atomic E-state index is 0.122. The number of amides is 1. The fourth-order valence-corrected chi connectivity index (χ4v) is 4.78. The molecule has 0 aromatic carbocycles. The highest BCUT2D eigenvalue weighted by atomic mass is 16.1. The summed E-state index contributed by atoms with van der Waals surface area (Å²) in [6.45, 7) is 12.8. The van der Waals surface area contributed by atoms with Gasteiger partial charge >= 0.3 is 0 Å². The Labute approximate surface area is 158 Å². The van der Waals surface area contributed by atoms with E-state index in [1.54, 1.807) is 0 Å². The summed E-state index contributed by atoms with van der Waals surface area (Å²) in [5.74, 6) is 1.99. The van der Waals surface area contributed by atoms with Crippen molar-refractivity contribution in [3.63, 3.8) is 0 Å². The van der Waals surface area contributed by atoms with Crippen LogP contribution in [0.4, 0.5) is 0 Å². The number of hydrogen-bond donors (Lipinski definition) is 2. The van der Waals surface area contributed by atoms with Crippen LogP contribution in [0.2, 0.25) is 0 Å². The lowest BCUT2D eigenvalue weighted by Crippen LogP contribution is -2.51. The van der Waals surface area contributed by atoms with Crippen molar-refractivity contribution in [1.82, 2.24) is 20.4 Å². The van der Waals surface area contributed by atoms with Crippen molar-refractivity contribution in [2.24, 2.45) is 16.3 Å². The predicted molar refractivity (Wildman–Crippen MR) is 106 cm³/mol. The van der Waals surface area contributed by atoms with E-state index in [4.69, 9.17) is 4.99 Å². The van der Waals surface area contributed by atoms with Gasteiger partial charge in [0, 0.05) is 44.6 Å². The fourth-order valence-electron chi connectivity index (χ4n) is 4.78. The van der Waals surface area contributed by atoms with E-state index in [0.29, 0.717) is 12.3 Å². The molecule has 26 heavy (non-hydrogen) atoms. The molecule has 1 spiro atoms. The van der Waals surface area contributed by atoms with E-state index in [1.165, 1.54) is 38.9 Å². The Bertz CT molecular complexity index is 500. The van der Waals surface area contributed by atoms with Gasteiger partial charge < -0.3 is 20.4 Å². The Balaban J connectivity index is 1.56. The van der Waals surface area contributed by atoms with Crippen LogP contribution >= 0.6 is 0 Å². The summed E-state index contributed by atoms with van der Waals surface area (Å²) in [4.78, 5) is 21.7. The predicted octanol–water partition coefficient (Wildman–Crippen LogP) is 1.68. The summed E-state index contributed by atoms with van der Waals surface area (Å²) in [5.41, 5.74) is 0.122. The Kier molecular flexibility index (Phi) is 6.79. The zero-order valence-corrected chi connectivity index (χ0v) is 16.7. The standard InChI is InChI=1S/C20H37N5O/c1-3-9-24-11-6-17(7-12-24)14-22-19(21-4-2)25-10-5-8-20(16-25)13-18(26)23-15-20/h17H,3-16H2,1-2H3,(H,21,22)(H,23,26). The van der Waals surface area contributed by atoms with Crippen LogP contribution in [0.1, 0.15) is 52.4 Å². The Morgan fingerprint density at radius 2 is 2.12 bits per heavy atom. The molecule has 0 bridgehead atoms. The first kappa shape index (κ1) is 19.5. The summed E-state index contributed by atoms with van der Waals surface area (Å²) < 4.78 is 0. The topological polar surface area (TPSA) is 60.0 Å². The van der Waals surface area contributed by atoms with Gasteiger partial charge in [-0.1, -0.05) is 6.92 Å². The monoisotopic (exact) mass is 363 g/mol. The van der Waals surface area contributed by atoms with Crippen molar-refractivity contribution in [1.29, 1.82) is 0 Å². The van der Waals surface area contributed by atoms with E-state index >= 15 is 0 Å². The van der Waals surface area contributed by atoms with E-state index in [2.05, 4.69) is 34.3 Å². The van der Waals surface area contributed by atoms with Crippen LogP contribution in [0.5, 0.6) is 0 Å². The smallest absolute Gasteiger partial charge is 0.220 e. The van der Waals surface area contributed by atoms with Crippen molar-refractivity contribution in [2.45, 2.75) is 52.4 Å². The van der Waals surface area contributed by atoms with Crippen LogP contribution in [0, 0.1) is 11.3 Å². The number of likely N-dealkylation sites (tertiary alicyclic amines) is 2. The second-order valence-electron chi connectivity index (χ2n) is 8.46. The van der Waals surface area contributed by atoms with Gasteiger partial charge in [0.1, 0.15) is 0 Å². The lowest BCUT2D eigenvalue weighted by molar-refractivity contribution is -0.119. The first-order valence-electron chi connectivity index (χ1n) is 10.7. The molecule has 0 radical (unpaired) electrons. The molecule has 3 saturated heterocycles. The van der Waals surface area contributed by atoms with Crippen LogP contribution in [-0.4, -0.2) is 74.0 Å². The number of rotatable bonds is 5. The van der Waals surface area contributed by atoms with Gasteiger partial charge in [-0.25, -0.2) is 0 Å². The third-order valence-electron chi connectivity index (χ3n) is 6.24. The van der Waals surface area contributed by atoms with Crippen molar-refractivity contribution < 1.29 is 4.79 Å². The van der Waals surface area contributed by atoms with Gasteiger partial charge in [-0.05, 0) is 64.6 Å². The third-order valence-corrected chi connectivity index (χ3v) is 6.24. The van der Waals surface area contributed by atoms with Crippen LogP contribution in [-0.2, 0) is 4.79 Å². The van der Waals surface area contributed by atoms with Crippen molar-refractivity contribution >= 4 is 11.9 Å². The van der Waals surface area contributed by atoms with Gasteiger partial charge in [0.2, 0.25) is 5.91 Å². The molecule has 0 aliphatic carbocycles. The lowest BCUT2D eigenvalue weighted by atomic mass is 9.79. The Morgan fingerprint density at radius 1 is 1.31 bits per heavy atom. The highest BCUT2D eigenvalue weighted by molar-refractivity contribution is 5.81. The second-order valence-corrected chi connectivity index (χ2v) is 8.46. The van der Waals surface area contributed by atoms with Gasteiger partial charge in [-0.3, -0.25) is 9.79 Å². The molecular formula is C20H37N5O. The molecule has 0 aromatic heterocycles. The highest BCUT2D eigenvalue weighted by Gasteiger charge is 2.42. The number of carbonyl (C=O) groups excluding carboxylic acids is 1. The van der Waals surface area contributed by atoms with E-state index in [-0.39, 0.29) is 11.3 Å². The maximum absolute atomic E-state index is 11.7. The molecule has 3 aliphatic rings. The molecule has 1 amide bonds. The quantitative estimate of drug-likeness (QED) is 0.576. The normalized spacial score (nSPS) is 28.6. The zero-order chi connectivity index (χ0) is 18.4. The molecule has 6 heteroatoms. The number of guanidine groups is 1. The molecule has 3 aliphatic heterocycles. The first-order valence-corrected chi connectivity index (χ1v) is 10.7.